The maximum atomic E-state index is 13.0. The van der Waals surface area contributed by atoms with Gasteiger partial charge in [-0.15, -0.1) is 24.8 Å². The zero-order chi connectivity index (χ0) is 18.4. The number of hydrogen-bond donors (Lipinski definition) is 2. The maximum Gasteiger partial charge on any atom is 0.256 e. The lowest BCUT2D eigenvalue weighted by Crippen LogP contribution is -2.35. The summed E-state index contributed by atoms with van der Waals surface area (Å²) in [4.78, 5) is 29.5. The minimum Gasteiger partial charge on any atom is -0.337 e. The summed E-state index contributed by atoms with van der Waals surface area (Å²) in [6.07, 6.45) is 3.52. The van der Waals surface area contributed by atoms with Gasteiger partial charge in [0.2, 0.25) is 5.91 Å². The molecule has 0 aliphatic carbocycles. The van der Waals surface area contributed by atoms with Crippen molar-refractivity contribution in [3.8, 4) is 0 Å². The predicted octanol–water partition coefficient (Wildman–Crippen LogP) is 2.64. The van der Waals surface area contributed by atoms with Crippen LogP contribution in [0.15, 0.2) is 24.3 Å². The summed E-state index contributed by atoms with van der Waals surface area (Å²) in [6, 6.07) is 7.36. The molecule has 2 saturated heterocycles. The van der Waals surface area contributed by atoms with E-state index in [2.05, 4.69) is 22.6 Å². The Balaban J connectivity index is 0.00000196. The van der Waals surface area contributed by atoms with Crippen LogP contribution in [0.4, 0.5) is 5.69 Å². The summed E-state index contributed by atoms with van der Waals surface area (Å²) in [5.74, 6) is 0.593. The number of para-hydroxylation sites is 1. The highest BCUT2D eigenvalue weighted by molar-refractivity contribution is 6.03. The largest absolute Gasteiger partial charge is 0.337 e. The van der Waals surface area contributed by atoms with Crippen molar-refractivity contribution in [2.75, 3.05) is 51.6 Å². The Kier molecular flexibility index (Phi) is 10.8. The average Bonchev–Trinajstić information content (AvgIpc) is 3.07. The van der Waals surface area contributed by atoms with Crippen LogP contribution >= 0.6 is 24.8 Å². The fraction of sp³-hybridized carbons (Fsp3) is 0.600. The van der Waals surface area contributed by atoms with E-state index in [0.717, 1.165) is 58.5 Å². The lowest BCUT2D eigenvalue weighted by Gasteiger charge is -2.22. The van der Waals surface area contributed by atoms with Gasteiger partial charge in [0.25, 0.3) is 5.91 Å². The normalized spacial score (nSPS) is 19.9. The van der Waals surface area contributed by atoms with Crippen molar-refractivity contribution in [1.29, 1.82) is 0 Å². The summed E-state index contributed by atoms with van der Waals surface area (Å²) in [5, 5.41) is 6.29. The Labute approximate surface area is 180 Å². The first-order valence-corrected chi connectivity index (χ1v) is 9.71. The van der Waals surface area contributed by atoms with E-state index in [1.807, 2.05) is 29.2 Å². The van der Waals surface area contributed by atoms with Gasteiger partial charge < -0.3 is 20.4 Å². The van der Waals surface area contributed by atoms with Crippen LogP contribution in [0.1, 0.15) is 36.0 Å². The molecule has 6 nitrogen and oxygen atoms in total. The standard InChI is InChI=1S/C20H30N4O2.2ClH/c1-23-11-4-12-24(14-13-23)20(26)17-5-2-3-6-18(17)22-19(25)8-7-16-9-10-21-15-16;;/h2-3,5-6,16,21H,4,7-15H2,1H3,(H,22,25);2*1H. The van der Waals surface area contributed by atoms with Crippen molar-refractivity contribution in [2.45, 2.75) is 25.7 Å². The van der Waals surface area contributed by atoms with Crippen LogP contribution in [-0.2, 0) is 4.79 Å². The van der Waals surface area contributed by atoms with Gasteiger partial charge in [0.05, 0.1) is 11.3 Å². The number of hydrogen-bond acceptors (Lipinski definition) is 4. The molecule has 1 unspecified atom stereocenters. The fourth-order valence-electron chi connectivity index (χ4n) is 3.71. The van der Waals surface area contributed by atoms with Gasteiger partial charge >= 0.3 is 0 Å². The number of nitrogens with zero attached hydrogens (tertiary/aromatic N) is 2. The molecule has 0 spiro atoms. The first-order valence-electron chi connectivity index (χ1n) is 9.71. The first kappa shape index (κ1) is 24.7. The van der Waals surface area contributed by atoms with Crippen LogP contribution in [0, 0.1) is 5.92 Å². The van der Waals surface area contributed by atoms with E-state index >= 15 is 0 Å². The lowest BCUT2D eigenvalue weighted by atomic mass is 10.0. The molecule has 2 fully saturated rings. The second-order valence-corrected chi connectivity index (χ2v) is 7.44. The Morgan fingerprint density at radius 3 is 2.68 bits per heavy atom. The fourth-order valence-corrected chi connectivity index (χ4v) is 3.71. The lowest BCUT2D eigenvalue weighted by molar-refractivity contribution is -0.116. The third kappa shape index (κ3) is 6.92. The molecule has 2 aliphatic heterocycles. The van der Waals surface area contributed by atoms with E-state index in [4.69, 9.17) is 0 Å². The number of anilines is 1. The van der Waals surface area contributed by atoms with Crippen LogP contribution in [0.25, 0.3) is 0 Å². The number of benzene rings is 1. The molecule has 0 radical (unpaired) electrons. The molecule has 28 heavy (non-hydrogen) atoms. The smallest absolute Gasteiger partial charge is 0.256 e. The number of carbonyl (C=O) groups is 2. The molecule has 2 aliphatic rings. The molecular formula is C20H32Cl2N4O2. The van der Waals surface area contributed by atoms with Crippen molar-refractivity contribution >= 4 is 42.3 Å². The van der Waals surface area contributed by atoms with Gasteiger partial charge in [-0.1, -0.05) is 12.1 Å². The molecule has 0 bridgehead atoms. The van der Waals surface area contributed by atoms with Gasteiger partial charge in [-0.05, 0) is 64.0 Å². The SMILES string of the molecule is CN1CCCN(C(=O)c2ccccc2NC(=O)CCC2CCNC2)CC1.Cl.Cl. The van der Waals surface area contributed by atoms with Crippen molar-refractivity contribution in [1.82, 2.24) is 15.1 Å². The molecule has 1 aromatic rings. The summed E-state index contributed by atoms with van der Waals surface area (Å²) in [5.41, 5.74) is 1.22. The number of rotatable bonds is 5. The Bertz CT molecular complexity index is 638. The summed E-state index contributed by atoms with van der Waals surface area (Å²) >= 11 is 0. The van der Waals surface area contributed by atoms with Gasteiger partial charge in [0.1, 0.15) is 0 Å². The number of amides is 2. The van der Waals surface area contributed by atoms with Crippen molar-refractivity contribution in [3.05, 3.63) is 29.8 Å². The minimum absolute atomic E-state index is 0. The predicted molar refractivity (Wildman–Crippen MR) is 118 cm³/mol. The van der Waals surface area contributed by atoms with Crippen LogP contribution < -0.4 is 10.6 Å². The van der Waals surface area contributed by atoms with E-state index in [-0.39, 0.29) is 36.6 Å². The second-order valence-electron chi connectivity index (χ2n) is 7.44. The van der Waals surface area contributed by atoms with E-state index < -0.39 is 0 Å². The Morgan fingerprint density at radius 1 is 1.14 bits per heavy atom. The van der Waals surface area contributed by atoms with Crippen LogP contribution in [0.3, 0.4) is 0 Å². The average molecular weight is 431 g/mol. The summed E-state index contributed by atoms with van der Waals surface area (Å²) in [7, 11) is 2.09. The molecule has 2 N–H and O–H groups in total. The van der Waals surface area contributed by atoms with Crippen LogP contribution in [0.5, 0.6) is 0 Å². The van der Waals surface area contributed by atoms with Gasteiger partial charge in [-0.3, -0.25) is 9.59 Å². The molecule has 0 aromatic heterocycles. The van der Waals surface area contributed by atoms with E-state index in [1.54, 1.807) is 0 Å². The summed E-state index contributed by atoms with van der Waals surface area (Å²) in [6.45, 7) is 5.45. The highest BCUT2D eigenvalue weighted by Crippen LogP contribution is 2.20. The molecule has 0 saturated carbocycles. The number of carbonyl (C=O) groups excluding carboxylic acids is 2. The third-order valence-corrected chi connectivity index (χ3v) is 5.38. The van der Waals surface area contributed by atoms with Gasteiger partial charge in [0.15, 0.2) is 0 Å². The monoisotopic (exact) mass is 430 g/mol. The van der Waals surface area contributed by atoms with E-state index in [9.17, 15) is 9.59 Å². The first-order chi connectivity index (χ1) is 12.6. The van der Waals surface area contributed by atoms with Gasteiger partial charge in [-0.2, -0.15) is 0 Å². The molecule has 158 valence electrons. The molecular weight excluding hydrogens is 399 g/mol. The van der Waals surface area contributed by atoms with Gasteiger partial charge in [0, 0.05) is 26.1 Å². The molecule has 2 heterocycles. The quantitative estimate of drug-likeness (QED) is 0.753. The van der Waals surface area contributed by atoms with Crippen molar-refractivity contribution < 1.29 is 9.59 Å². The molecule has 8 heteroatoms. The van der Waals surface area contributed by atoms with Crippen molar-refractivity contribution in [3.63, 3.8) is 0 Å². The van der Waals surface area contributed by atoms with Gasteiger partial charge in [-0.25, -0.2) is 0 Å². The Hall–Kier alpha value is -1.34. The van der Waals surface area contributed by atoms with Crippen molar-refractivity contribution in [2.24, 2.45) is 5.92 Å². The highest BCUT2D eigenvalue weighted by atomic mass is 35.5. The van der Waals surface area contributed by atoms with Crippen LogP contribution in [0.2, 0.25) is 0 Å². The van der Waals surface area contributed by atoms with E-state index in [0.29, 0.717) is 23.6 Å². The molecule has 2 amide bonds. The number of nitrogens with one attached hydrogen (secondary N) is 2. The second kappa shape index (κ2) is 12.3. The van der Waals surface area contributed by atoms with E-state index in [1.165, 1.54) is 0 Å². The topological polar surface area (TPSA) is 64.7 Å². The number of halogens is 2. The molecule has 3 rings (SSSR count). The zero-order valence-corrected chi connectivity index (χ0v) is 18.1. The minimum atomic E-state index is -0.00671. The third-order valence-electron chi connectivity index (χ3n) is 5.38. The Morgan fingerprint density at radius 2 is 1.93 bits per heavy atom. The molecule has 1 aromatic carbocycles. The summed E-state index contributed by atoms with van der Waals surface area (Å²) < 4.78 is 0. The zero-order valence-electron chi connectivity index (χ0n) is 16.5. The van der Waals surface area contributed by atoms with Crippen LogP contribution in [-0.4, -0.2) is 67.9 Å². The highest BCUT2D eigenvalue weighted by Gasteiger charge is 2.22. The maximum absolute atomic E-state index is 13.0. The molecule has 1 atom stereocenters. The number of likely N-dealkylation sites (N-methyl/N-ethyl adjacent to an activating group) is 1.